The lowest BCUT2D eigenvalue weighted by atomic mass is 10.2. The fourth-order valence-electron chi connectivity index (χ4n) is 1.57. The van der Waals surface area contributed by atoms with Gasteiger partial charge in [0, 0.05) is 18.5 Å². The summed E-state index contributed by atoms with van der Waals surface area (Å²) in [6.07, 6.45) is 3.09. The molecule has 6 heteroatoms. The van der Waals surface area contributed by atoms with Crippen molar-refractivity contribution in [2.24, 2.45) is 4.40 Å². The van der Waals surface area contributed by atoms with Crippen molar-refractivity contribution in [3.8, 4) is 0 Å². The van der Waals surface area contributed by atoms with Gasteiger partial charge < -0.3 is 4.90 Å². The van der Waals surface area contributed by atoms with Crippen molar-refractivity contribution in [3.63, 3.8) is 0 Å². The standard InChI is InChI=1S/C11H11Cl2FN2S/c12-8-5-10-11(6-9(8)13)17-15-7-16(10)4-2-1-3-14/h5-7H,1-4H2. The molecule has 0 fully saturated rings. The molecule has 0 aromatic heterocycles. The maximum Gasteiger partial charge on any atom is 0.104 e. The largest absolute Gasteiger partial charge is 0.331 e. The van der Waals surface area contributed by atoms with Gasteiger partial charge in [-0.15, -0.1) is 0 Å². The molecule has 0 saturated heterocycles. The van der Waals surface area contributed by atoms with Crippen molar-refractivity contribution in [2.75, 3.05) is 18.1 Å². The van der Waals surface area contributed by atoms with Gasteiger partial charge in [-0.3, -0.25) is 4.39 Å². The summed E-state index contributed by atoms with van der Waals surface area (Å²) in [5.74, 6) is 0. The summed E-state index contributed by atoms with van der Waals surface area (Å²) < 4.78 is 16.2. The Hall–Kier alpha value is -0.450. The van der Waals surface area contributed by atoms with Gasteiger partial charge in [0.2, 0.25) is 0 Å². The number of fused-ring (bicyclic) bond motifs is 1. The van der Waals surface area contributed by atoms with Crippen LogP contribution in [0.1, 0.15) is 12.8 Å². The molecule has 1 aliphatic rings. The van der Waals surface area contributed by atoms with Gasteiger partial charge in [0.1, 0.15) is 6.34 Å². The lowest BCUT2D eigenvalue weighted by molar-refractivity contribution is 0.464. The quantitative estimate of drug-likeness (QED) is 0.595. The summed E-state index contributed by atoms with van der Waals surface area (Å²) >= 11 is 13.3. The van der Waals surface area contributed by atoms with Crippen molar-refractivity contribution in [2.45, 2.75) is 17.7 Å². The van der Waals surface area contributed by atoms with E-state index in [1.807, 2.05) is 17.0 Å². The fourth-order valence-corrected chi connectivity index (χ4v) is 2.67. The maximum absolute atomic E-state index is 12.1. The van der Waals surface area contributed by atoms with Gasteiger partial charge in [0.25, 0.3) is 0 Å². The highest BCUT2D eigenvalue weighted by Crippen LogP contribution is 2.39. The van der Waals surface area contributed by atoms with Crippen LogP contribution in [0.15, 0.2) is 21.4 Å². The number of hydrogen-bond acceptors (Lipinski definition) is 3. The minimum atomic E-state index is -0.284. The lowest BCUT2D eigenvalue weighted by Gasteiger charge is -2.25. The number of unbranched alkanes of at least 4 members (excludes halogenated alkanes) is 1. The SMILES string of the molecule is FCCCCN1C=NSc2cc(Cl)c(Cl)cc21. The first kappa shape index (κ1) is 13.0. The van der Waals surface area contributed by atoms with Gasteiger partial charge in [-0.05, 0) is 25.0 Å². The van der Waals surface area contributed by atoms with E-state index >= 15 is 0 Å². The summed E-state index contributed by atoms with van der Waals surface area (Å²) in [5.41, 5.74) is 0.984. The average molecular weight is 293 g/mol. The zero-order valence-electron chi connectivity index (χ0n) is 9.00. The molecule has 0 bridgehead atoms. The first-order valence-electron chi connectivity index (χ1n) is 5.24. The predicted octanol–water partition coefficient (Wildman–Crippen LogP) is 4.60. The molecule has 0 spiro atoms. The Morgan fingerprint density at radius 3 is 2.76 bits per heavy atom. The van der Waals surface area contributed by atoms with Crippen LogP contribution in [-0.4, -0.2) is 19.6 Å². The second-order valence-electron chi connectivity index (χ2n) is 3.64. The Morgan fingerprint density at radius 2 is 2.00 bits per heavy atom. The summed E-state index contributed by atoms with van der Waals surface area (Å²) in [4.78, 5) is 2.95. The van der Waals surface area contributed by atoms with E-state index in [9.17, 15) is 4.39 Å². The van der Waals surface area contributed by atoms with Gasteiger partial charge in [-0.2, -0.15) is 0 Å². The van der Waals surface area contributed by atoms with Crippen LogP contribution >= 0.6 is 35.1 Å². The number of rotatable bonds is 4. The highest BCUT2D eigenvalue weighted by Gasteiger charge is 2.16. The molecule has 17 heavy (non-hydrogen) atoms. The summed E-state index contributed by atoms with van der Waals surface area (Å²) in [6, 6.07) is 3.63. The number of anilines is 1. The smallest absolute Gasteiger partial charge is 0.104 e. The van der Waals surface area contributed by atoms with Crippen LogP contribution in [0.3, 0.4) is 0 Å². The number of halogens is 3. The number of hydrogen-bond donors (Lipinski definition) is 0. The van der Waals surface area contributed by atoms with Crippen molar-refractivity contribution in [1.82, 2.24) is 0 Å². The molecular weight excluding hydrogens is 282 g/mol. The Morgan fingerprint density at radius 1 is 1.24 bits per heavy atom. The molecule has 0 aliphatic carbocycles. The van der Waals surface area contributed by atoms with Crippen molar-refractivity contribution in [1.29, 1.82) is 0 Å². The van der Waals surface area contributed by atoms with Crippen LogP contribution in [0, 0.1) is 0 Å². The predicted molar refractivity (Wildman–Crippen MR) is 73.4 cm³/mol. The van der Waals surface area contributed by atoms with Crippen LogP contribution < -0.4 is 4.90 Å². The van der Waals surface area contributed by atoms with Gasteiger partial charge in [0.05, 0.1) is 27.3 Å². The van der Waals surface area contributed by atoms with E-state index in [-0.39, 0.29) is 6.67 Å². The van der Waals surface area contributed by atoms with E-state index in [0.29, 0.717) is 16.5 Å². The molecule has 0 N–H and O–H groups in total. The topological polar surface area (TPSA) is 15.6 Å². The van der Waals surface area contributed by atoms with Gasteiger partial charge in [-0.25, -0.2) is 4.40 Å². The first-order chi connectivity index (χ1) is 8.22. The molecule has 2 nitrogen and oxygen atoms in total. The molecule has 0 atom stereocenters. The van der Waals surface area contributed by atoms with Crippen molar-refractivity contribution in [3.05, 3.63) is 22.2 Å². The van der Waals surface area contributed by atoms with E-state index in [4.69, 9.17) is 23.2 Å². The molecule has 0 amide bonds. The normalized spacial score (nSPS) is 13.9. The second kappa shape index (κ2) is 5.94. The molecule has 1 heterocycles. The molecule has 1 aromatic rings. The van der Waals surface area contributed by atoms with Crippen LogP contribution in [0.25, 0.3) is 0 Å². The van der Waals surface area contributed by atoms with Crippen LogP contribution in [0.5, 0.6) is 0 Å². The van der Waals surface area contributed by atoms with Crippen molar-refractivity contribution >= 4 is 47.2 Å². The molecule has 0 radical (unpaired) electrons. The minimum absolute atomic E-state index is 0.284. The van der Waals surface area contributed by atoms with Crippen LogP contribution in [0.4, 0.5) is 10.1 Å². The number of nitrogens with zero attached hydrogens (tertiary/aromatic N) is 2. The second-order valence-corrected chi connectivity index (χ2v) is 5.28. The van der Waals surface area contributed by atoms with E-state index in [1.165, 1.54) is 11.9 Å². The Balaban J connectivity index is 2.18. The average Bonchev–Trinajstić information content (AvgIpc) is 2.32. The number of benzene rings is 1. The zero-order valence-corrected chi connectivity index (χ0v) is 11.3. The third kappa shape index (κ3) is 3.06. The fraction of sp³-hybridized carbons (Fsp3) is 0.364. The third-order valence-corrected chi connectivity index (χ3v) is 3.88. The van der Waals surface area contributed by atoms with E-state index in [1.54, 1.807) is 6.34 Å². The van der Waals surface area contributed by atoms with E-state index < -0.39 is 0 Å². The Labute approximate surface area is 114 Å². The number of alkyl halides is 1. The van der Waals surface area contributed by atoms with Crippen LogP contribution in [0.2, 0.25) is 10.0 Å². The Kier molecular flexibility index (Phi) is 4.54. The monoisotopic (exact) mass is 292 g/mol. The van der Waals surface area contributed by atoms with Crippen LogP contribution in [-0.2, 0) is 0 Å². The van der Waals surface area contributed by atoms with Gasteiger partial charge >= 0.3 is 0 Å². The van der Waals surface area contributed by atoms with Gasteiger partial charge in [0.15, 0.2) is 0 Å². The van der Waals surface area contributed by atoms with Gasteiger partial charge in [-0.1, -0.05) is 23.2 Å². The highest BCUT2D eigenvalue weighted by molar-refractivity contribution is 7.98. The summed E-state index contributed by atoms with van der Waals surface area (Å²) in [6.45, 7) is 0.451. The highest BCUT2D eigenvalue weighted by atomic mass is 35.5. The lowest BCUT2D eigenvalue weighted by Crippen LogP contribution is -2.24. The molecule has 0 unspecified atom stereocenters. The summed E-state index contributed by atoms with van der Waals surface area (Å²) in [7, 11) is 0. The molecule has 0 saturated carbocycles. The first-order valence-corrected chi connectivity index (χ1v) is 6.77. The molecular formula is C11H11Cl2FN2S. The molecule has 2 rings (SSSR count). The van der Waals surface area contributed by atoms with E-state index in [0.717, 1.165) is 23.5 Å². The molecule has 1 aliphatic heterocycles. The minimum Gasteiger partial charge on any atom is -0.331 e. The maximum atomic E-state index is 12.1. The molecule has 92 valence electrons. The summed E-state index contributed by atoms with van der Waals surface area (Å²) in [5, 5.41) is 1.05. The third-order valence-electron chi connectivity index (χ3n) is 2.43. The van der Waals surface area contributed by atoms with E-state index in [2.05, 4.69) is 4.40 Å². The van der Waals surface area contributed by atoms with Crippen molar-refractivity contribution < 1.29 is 4.39 Å². The molecule has 1 aromatic carbocycles. The zero-order chi connectivity index (χ0) is 12.3. The Bertz CT molecular complexity index is 440.